The first-order valence-corrected chi connectivity index (χ1v) is 32.0. The summed E-state index contributed by atoms with van der Waals surface area (Å²) in [6.07, 6.45) is 0. The van der Waals surface area contributed by atoms with Gasteiger partial charge in [0.25, 0.3) is 0 Å². The average molecular weight is 1180 g/mol. The zero-order valence-corrected chi connectivity index (χ0v) is 54.0. The van der Waals surface area contributed by atoms with E-state index in [1.807, 2.05) is 0 Å². The fraction of sp³-hybridized carbons (Fsp3) is 0.190. The maximum Gasteiger partial charge on any atom is 0.149 e. The number of rotatable bonds is 6. The summed E-state index contributed by atoms with van der Waals surface area (Å²) in [4.78, 5) is 5.91. The average Bonchev–Trinajstić information content (AvgIpc) is 1.58. The smallest absolute Gasteiger partial charge is 0.149 e. The van der Waals surface area contributed by atoms with Crippen LogP contribution in [0.4, 0.5) is 0 Å². The second-order valence-electron chi connectivity index (χ2n) is 29.2. The zero-order valence-electron chi connectivity index (χ0n) is 54.0. The molecule has 0 fully saturated rings. The Morgan fingerprint density at radius 2 is 0.582 bits per heavy atom. The van der Waals surface area contributed by atoms with Crippen molar-refractivity contribution in [1.82, 2.24) is 27.8 Å². The van der Waals surface area contributed by atoms with Crippen LogP contribution in [0.1, 0.15) is 111 Å². The number of hydrogen-bond acceptors (Lipinski definition) is 2. The van der Waals surface area contributed by atoms with E-state index in [1.54, 1.807) is 0 Å². The highest BCUT2D eigenvalue weighted by Crippen LogP contribution is 2.53. The van der Waals surface area contributed by atoms with Gasteiger partial charge in [0.2, 0.25) is 0 Å². The van der Waals surface area contributed by atoms with Gasteiger partial charge < -0.3 is 18.3 Å². The van der Waals surface area contributed by atoms with E-state index >= 15 is 0 Å². The SMILES string of the molecule is CC(C)(C)c1ccc2c(c1)c1ccccc1n2-c1c(C#N)c(-c2nc3ccccc3n2-c2ccccc2)c(-n2c3ccccc3c3cc(C(C)(C)C)ccc32)c(-n2c3ccccc3c3cc(C(C)(C)C)ccc32)c1-n1c2ccccc2c2cc(C(C)(C)C)ccc21. The predicted octanol–water partition coefficient (Wildman–Crippen LogP) is 22.1. The third-order valence-electron chi connectivity index (χ3n) is 19.4. The fourth-order valence-corrected chi connectivity index (χ4v) is 14.6. The predicted molar refractivity (Wildman–Crippen MR) is 383 cm³/mol. The highest BCUT2D eigenvalue weighted by molar-refractivity contribution is 6.17. The van der Waals surface area contributed by atoms with E-state index in [9.17, 15) is 5.26 Å². The van der Waals surface area contributed by atoms with Gasteiger partial charge in [0.05, 0.1) is 89.0 Å². The minimum absolute atomic E-state index is 0.145. The van der Waals surface area contributed by atoms with Crippen LogP contribution in [-0.4, -0.2) is 27.8 Å². The Balaban J connectivity index is 1.28. The van der Waals surface area contributed by atoms with E-state index in [0.717, 1.165) is 127 Å². The van der Waals surface area contributed by atoms with Crippen molar-refractivity contribution in [1.29, 1.82) is 5.26 Å². The molecule has 11 aromatic carbocycles. The van der Waals surface area contributed by atoms with Gasteiger partial charge in [-0.25, -0.2) is 4.98 Å². The van der Waals surface area contributed by atoms with Gasteiger partial charge in [-0.15, -0.1) is 0 Å². The quantitative estimate of drug-likeness (QED) is 0.167. The maximum atomic E-state index is 13.4. The number of nitrogens with zero attached hydrogens (tertiary/aromatic N) is 7. The van der Waals surface area contributed by atoms with E-state index in [0.29, 0.717) is 17.0 Å². The van der Waals surface area contributed by atoms with Crippen molar-refractivity contribution in [2.45, 2.75) is 105 Å². The molecule has 7 heteroatoms. The Bertz CT molecular complexity index is 5760. The topological polar surface area (TPSA) is 61.3 Å². The Morgan fingerprint density at radius 1 is 0.286 bits per heavy atom. The molecule has 0 saturated heterocycles. The van der Waals surface area contributed by atoms with Crippen LogP contribution in [0.15, 0.2) is 224 Å². The fourth-order valence-electron chi connectivity index (χ4n) is 14.6. The minimum atomic E-state index is -0.148. The van der Waals surface area contributed by atoms with E-state index in [4.69, 9.17) is 4.98 Å². The standard InChI is InChI=1S/C84H73N7/c1-81(2,3)51-38-42-70-60(46-51)56-28-16-21-33-66(56)88(70)76-64(50-85)75(80-86-65-32-20-25-37-74(65)87(80)55-26-14-13-15-27-55)77(89-67-34-22-17-29-57(67)61-47-52(82(4,5)6)39-43-71(61)89)79(91-69-36-24-19-31-59(69)63-49-54(84(10,11)12)41-45-73(63)91)78(76)90-68-35-23-18-30-58(68)62-48-53(83(7,8)9)40-44-72(62)90/h13-49H,1-12H3. The van der Waals surface area contributed by atoms with Gasteiger partial charge >= 0.3 is 0 Å². The van der Waals surface area contributed by atoms with Gasteiger partial charge in [-0.3, -0.25) is 4.57 Å². The number of nitriles is 1. The molecule has 5 heterocycles. The van der Waals surface area contributed by atoms with Crippen molar-refractivity contribution in [3.8, 4) is 45.9 Å². The molecule has 0 amide bonds. The Hall–Kier alpha value is -10.4. The van der Waals surface area contributed by atoms with Gasteiger partial charge in [0.15, 0.2) is 0 Å². The largest absolute Gasteiger partial charge is 0.306 e. The van der Waals surface area contributed by atoms with Crippen LogP contribution in [0.25, 0.3) is 138 Å². The molecule has 0 unspecified atom stereocenters. The Labute approximate surface area is 531 Å². The van der Waals surface area contributed by atoms with Crippen molar-refractivity contribution < 1.29 is 0 Å². The van der Waals surface area contributed by atoms with Crippen LogP contribution in [0.3, 0.4) is 0 Å². The minimum Gasteiger partial charge on any atom is -0.306 e. The van der Waals surface area contributed by atoms with Crippen molar-refractivity contribution in [3.63, 3.8) is 0 Å². The highest BCUT2D eigenvalue weighted by atomic mass is 15.2. The lowest BCUT2D eigenvalue weighted by Gasteiger charge is -2.29. The molecular formula is C84H73N7. The van der Waals surface area contributed by atoms with Crippen LogP contribution in [0.2, 0.25) is 0 Å². The molecular weight excluding hydrogens is 1110 g/mol. The Morgan fingerprint density at radius 3 is 0.945 bits per heavy atom. The lowest BCUT2D eigenvalue weighted by molar-refractivity contribution is 0.591. The molecule has 0 saturated carbocycles. The van der Waals surface area contributed by atoms with Gasteiger partial charge in [-0.05, 0) is 141 Å². The first kappa shape index (κ1) is 55.9. The normalized spacial score (nSPS) is 12.8. The maximum absolute atomic E-state index is 13.4. The third kappa shape index (κ3) is 8.41. The van der Waals surface area contributed by atoms with Crippen molar-refractivity contribution in [2.24, 2.45) is 0 Å². The summed E-state index contributed by atoms with van der Waals surface area (Å²) in [7, 11) is 0. The first-order valence-electron chi connectivity index (χ1n) is 32.0. The van der Waals surface area contributed by atoms with Crippen molar-refractivity contribution >= 4 is 98.3 Å². The van der Waals surface area contributed by atoms with Gasteiger partial charge in [-0.2, -0.15) is 5.26 Å². The molecule has 7 nitrogen and oxygen atoms in total. The number of fused-ring (bicyclic) bond motifs is 13. The molecule has 0 aliphatic carbocycles. The van der Waals surface area contributed by atoms with Crippen LogP contribution in [0, 0.1) is 11.3 Å². The summed E-state index contributed by atoms with van der Waals surface area (Å²) in [6, 6.07) is 86.0. The van der Waals surface area contributed by atoms with E-state index < -0.39 is 0 Å². The summed E-state index contributed by atoms with van der Waals surface area (Å²) < 4.78 is 12.3. The summed E-state index contributed by atoms with van der Waals surface area (Å²) in [5, 5.41) is 22.4. The van der Waals surface area contributed by atoms with Crippen LogP contribution in [0.5, 0.6) is 0 Å². The van der Waals surface area contributed by atoms with Gasteiger partial charge in [0, 0.05) is 48.8 Å². The number of imidazole rings is 1. The second kappa shape index (κ2) is 19.8. The lowest BCUT2D eigenvalue weighted by atomic mass is 9.86. The van der Waals surface area contributed by atoms with E-state index in [1.165, 1.54) is 22.3 Å². The molecule has 444 valence electrons. The first-order chi connectivity index (χ1) is 43.7. The van der Waals surface area contributed by atoms with E-state index in [2.05, 4.69) is 336 Å². The summed E-state index contributed by atoms with van der Waals surface area (Å²) in [5.74, 6) is 0.647. The number of benzene rings is 11. The highest BCUT2D eigenvalue weighted by Gasteiger charge is 2.38. The molecule has 0 aliphatic heterocycles. The van der Waals surface area contributed by atoms with E-state index in [-0.39, 0.29) is 21.7 Å². The van der Waals surface area contributed by atoms with Crippen molar-refractivity contribution in [3.05, 3.63) is 252 Å². The number of aromatic nitrogens is 6. The Kier molecular flexibility index (Phi) is 12.1. The third-order valence-corrected chi connectivity index (χ3v) is 19.4. The lowest BCUT2D eigenvalue weighted by Crippen LogP contribution is -2.18. The molecule has 16 aromatic rings. The van der Waals surface area contributed by atoms with Crippen molar-refractivity contribution in [2.75, 3.05) is 0 Å². The summed E-state index contributed by atoms with van der Waals surface area (Å²) >= 11 is 0. The van der Waals surface area contributed by atoms with Crippen LogP contribution < -0.4 is 0 Å². The van der Waals surface area contributed by atoms with Gasteiger partial charge in [-0.1, -0.05) is 210 Å². The zero-order chi connectivity index (χ0) is 62.8. The molecule has 16 rings (SSSR count). The van der Waals surface area contributed by atoms with Crippen LogP contribution >= 0.6 is 0 Å². The molecule has 91 heavy (non-hydrogen) atoms. The molecule has 0 spiro atoms. The molecule has 0 radical (unpaired) electrons. The number of hydrogen-bond donors (Lipinski definition) is 0. The second-order valence-corrected chi connectivity index (χ2v) is 29.2. The molecule has 0 bridgehead atoms. The van der Waals surface area contributed by atoms with Crippen LogP contribution in [-0.2, 0) is 21.7 Å². The molecule has 0 atom stereocenters. The monoisotopic (exact) mass is 1180 g/mol. The molecule has 0 N–H and O–H groups in total. The number of para-hydroxylation sites is 7. The molecule has 0 aliphatic rings. The molecule has 5 aromatic heterocycles. The van der Waals surface area contributed by atoms with Gasteiger partial charge in [0.1, 0.15) is 11.9 Å². The summed E-state index contributed by atoms with van der Waals surface area (Å²) in [6.45, 7) is 27.6. The summed E-state index contributed by atoms with van der Waals surface area (Å²) in [5.41, 5.74) is 19.7.